The summed E-state index contributed by atoms with van der Waals surface area (Å²) in [5.74, 6) is 0.892. The molecule has 2 aliphatic heterocycles. The molecular formula is C18H26ClNO5. The van der Waals surface area contributed by atoms with Crippen molar-refractivity contribution in [2.24, 2.45) is 5.92 Å². The summed E-state index contributed by atoms with van der Waals surface area (Å²) >= 11 is 0. The number of benzene rings is 1. The minimum atomic E-state index is -0.717. The molecule has 140 valence electrons. The van der Waals surface area contributed by atoms with Gasteiger partial charge in [-0.05, 0) is 38.0 Å². The van der Waals surface area contributed by atoms with Gasteiger partial charge in [0, 0.05) is 22.9 Å². The molecule has 7 heteroatoms. The smallest absolute Gasteiger partial charge is 0.165 e. The summed E-state index contributed by atoms with van der Waals surface area (Å²) in [7, 11) is 1.78. The lowest BCUT2D eigenvalue weighted by Gasteiger charge is -2.56. The Hall–Kier alpha value is -1.31. The van der Waals surface area contributed by atoms with E-state index in [1.54, 1.807) is 0 Å². The predicted octanol–water partition coefficient (Wildman–Crippen LogP) is 0.273. The largest absolute Gasteiger partial charge is 0.493 e. The number of aliphatic hydroxyl groups excluding tert-OH is 1. The van der Waals surface area contributed by atoms with Crippen molar-refractivity contribution >= 4 is 12.4 Å². The van der Waals surface area contributed by atoms with Gasteiger partial charge < -0.3 is 30.4 Å². The fourth-order valence-electron chi connectivity index (χ4n) is 5.17. The summed E-state index contributed by atoms with van der Waals surface area (Å²) in [5.41, 5.74) is 1.45. The van der Waals surface area contributed by atoms with Crippen LogP contribution in [0.25, 0.3) is 0 Å². The molecule has 0 aromatic heterocycles. The van der Waals surface area contributed by atoms with Gasteiger partial charge in [0.25, 0.3) is 0 Å². The van der Waals surface area contributed by atoms with Gasteiger partial charge in [0.1, 0.15) is 12.2 Å². The van der Waals surface area contributed by atoms with E-state index < -0.39 is 12.2 Å². The third-order valence-electron chi connectivity index (χ3n) is 6.12. The van der Waals surface area contributed by atoms with Crippen LogP contribution in [0.1, 0.15) is 21.7 Å². The Morgan fingerprint density at radius 1 is 1.40 bits per heavy atom. The number of likely N-dealkylation sites (N-methyl/N-ethyl adjacent to an activating group) is 1. The van der Waals surface area contributed by atoms with Crippen LogP contribution >= 0.6 is 12.4 Å². The molecule has 5 rings (SSSR count). The molecule has 1 fully saturated rings. The third kappa shape index (κ3) is 2.18. The van der Waals surface area contributed by atoms with Crippen molar-refractivity contribution in [3.8, 4) is 11.5 Å². The molecule has 1 saturated heterocycles. The fraction of sp³-hybridized carbons (Fsp3) is 0.556. The molecular weight excluding hydrogens is 346 g/mol. The number of aliphatic hydroxyl groups is 1. The number of rotatable bonds is 1. The Morgan fingerprint density at radius 3 is 2.96 bits per heavy atom. The molecule has 4 aliphatic rings. The highest BCUT2D eigenvalue weighted by atomic mass is 35.5. The number of methoxy groups -OCH3 is 1. The Kier molecular flexibility index (Phi) is 4.10. The first-order valence-electron chi connectivity index (χ1n) is 9.53. The van der Waals surface area contributed by atoms with E-state index in [0.717, 1.165) is 24.1 Å². The molecule has 6 nitrogen and oxygen atoms in total. The molecule has 2 heterocycles. The zero-order valence-corrected chi connectivity index (χ0v) is 14.7. The van der Waals surface area contributed by atoms with Crippen molar-refractivity contribution in [1.82, 2.24) is 4.90 Å². The van der Waals surface area contributed by atoms with Crippen molar-refractivity contribution in [3.63, 3.8) is 0 Å². The van der Waals surface area contributed by atoms with Gasteiger partial charge in [-0.15, -0.1) is 12.4 Å². The summed E-state index contributed by atoms with van der Waals surface area (Å²) < 4.78 is 35.8. The summed E-state index contributed by atoms with van der Waals surface area (Å²) in [5, 5.41) is 10.6. The average Bonchev–Trinajstić information content (AvgIpc) is 2.94. The van der Waals surface area contributed by atoms with Gasteiger partial charge in [0.2, 0.25) is 0 Å². The summed E-state index contributed by atoms with van der Waals surface area (Å²) in [6.45, 7) is 0.908. The normalized spacial score (nSPS) is 37.8. The first-order chi connectivity index (χ1) is 12.0. The van der Waals surface area contributed by atoms with Crippen molar-refractivity contribution in [3.05, 3.63) is 35.4 Å². The molecule has 25 heavy (non-hydrogen) atoms. The van der Waals surface area contributed by atoms with Crippen LogP contribution in [0.4, 0.5) is 0 Å². The maximum Gasteiger partial charge on any atom is 0.165 e. The van der Waals surface area contributed by atoms with Crippen molar-refractivity contribution in [1.29, 1.82) is 0 Å². The van der Waals surface area contributed by atoms with E-state index in [0.29, 0.717) is 12.2 Å². The Bertz CT molecular complexity index is 810. The molecule has 0 saturated carbocycles. The molecule has 0 unspecified atom stereocenters. The van der Waals surface area contributed by atoms with Crippen LogP contribution in [0.5, 0.6) is 11.5 Å². The second kappa shape index (κ2) is 6.45. The highest BCUT2D eigenvalue weighted by Crippen LogP contribution is 2.62. The van der Waals surface area contributed by atoms with E-state index in [9.17, 15) is 5.11 Å². The number of halogens is 1. The molecule has 0 amide bonds. The van der Waals surface area contributed by atoms with Gasteiger partial charge in [-0.25, -0.2) is 0 Å². The quantitative estimate of drug-likeness (QED) is 0.712. The molecule has 0 radical (unpaired) electrons. The zero-order valence-electron chi connectivity index (χ0n) is 16.9. The van der Waals surface area contributed by atoms with Gasteiger partial charge in [0.05, 0.1) is 11.2 Å². The molecule has 5 N–H and O–H groups in total. The molecule has 1 aromatic rings. The van der Waals surface area contributed by atoms with Crippen LogP contribution < -0.4 is 9.47 Å². The van der Waals surface area contributed by atoms with Crippen LogP contribution in [0.2, 0.25) is 0 Å². The van der Waals surface area contributed by atoms with E-state index in [-0.39, 0.29) is 65.7 Å². The Morgan fingerprint density at radius 2 is 2.20 bits per heavy atom. The predicted molar refractivity (Wildman–Crippen MR) is 96.9 cm³/mol. The maximum atomic E-state index is 10.6. The van der Waals surface area contributed by atoms with Crippen LogP contribution in [0.15, 0.2) is 24.2 Å². The second-order valence-corrected chi connectivity index (χ2v) is 6.89. The standard InChI is InChI=1S/C18H21NO3.ClH.2H2O/c1-19-8-7-18-11-4-5-13(20)17(18)22-16-14(21-2)6-3-10(15(16)18)9-12(11)19;;;/h3-6,11-13,17,20H,7-9H2,1-2H3;1H;2*1H2/t11-,12+,13-,17-,18-;;;/m0.../s1/i2D,3D,6D;;;. The lowest BCUT2D eigenvalue weighted by atomic mass is 9.53. The minimum absolute atomic E-state index is 0. The lowest BCUT2D eigenvalue weighted by Crippen LogP contribution is -2.64. The van der Waals surface area contributed by atoms with Crippen molar-refractivity contribution in [2.45, 2.75) is 36.5 Å². The summed E-state index contributed by atoms with van der Waals surface area (Å²) in [6, 6.07) is 0.403. The van der Waals surface area contributed by atoms with Gasteiger partial charge in [-0.2, -0.15) is 0 Å². The molecule has 2 bridgehead atoms. The van der Waals surface area contributed by atoms with E-state index in [1.807, 2.05) is 6.08 Å². The maximum absolute atomic E-state index is 10.6. The minimum Gasteiger partial charge on any atom is -0.493 e. The SMILES string of the molecule is Cl.O.O.[2H]COc1c([2H])c([2H])c2c3c1O[C@H]1[C@@H](O)C=C[C@H]4[C@@H](C2)N(C)CC[C@@]341. The molecule has 2 aliphatic carbocycles. The van der Waals surface area contributed by atoms with Gasteiger partial charge in [-0.3, -0.25) is 0 Å². The second-order valence-electron chi connectivity index (χ2n) is 6.89. The van der Waals surface area contributed by atoms with Crippen LogP contribution in [0.3, 0.4) is 0 Å². The van der Waals surface area contributed by atoms with Crippen LogP contribution in [-0.4, -0.2) is 59.9 Å². The summed E-state index contributed by atoms with van der Waals surface area (Å²) in [6.07, 6.45) is 4.35. The Balaban J connectivity index is 0.000000934. The van der Waals surface area contributed by atoms with Crippen LogP contribution in [-0.2, 0) is 11.8 Å². The molecule has 1 spiro atoms. The lowest BCUT2D eigenvalue weighted by molar-refractivity contribution is -0.0453. The number of likely N-dealkylation sites (tertiary alicyclic amines) is 1. The van der Waals surface area contributed by atoms with E-state index in [2.05, 4.69) is 18.0 Å². The van der Waals surface area contributed by atoms with Gasteiger partial charge >= 0.3 is 0 Å². The van der Waals surface area contributed by atoms with Gasteiger partial charge in [0.15, 0.2) is 11.5 Å². The first kappa shape index (κ1) is 15.9. The van der Waals surface area contributed by atoms with E-state index in [1.165, 1.54) is 0 Å². The number of nitrogens with zero attached hydrogens (tertiary/aromatic N) is 1. The van der Waals surface area contributed by atoms with E-state index in [4.69, 9.17) is 13.6 Å². The number of hydrogen-bond acceptors (Lipinski definition) is 4. The average molecular weight is 375 g/mol. The highest BCUT2D eigenvalue weighted by molar-refractivity contribution is 5.85. The van der Waals surface area contributed by atoms with Gasteiger partial charge in [-0.1, -0.05) is 18.2 Å². The van der Waals surface area contributed by atoms with Crippen molar-refractivity contribution < 1.29 is 29.6 Å². The highest BCUT2D eigenvalue weighted by Gasteiger charge is 2.64. The topological polar surface area (TPSA) is 105 Å². The van der Waals surface area contributed by atoms with Crippen molar-refractivity contribution in [2.75, 3.05) is 20.7 Å². The first-order valence-corrected chi connectivity index (χ1v) is 7.82. The zero-order chi connectivity index (χ0) is 17.5. The fourth-order valence-corrected chi connectivity index (χ4v) is 5.17. The molecule has 1 aromatic carbocycles. The number of hydrogen-bond donors (Lipinski definition) is 1. The monoisotopic (exact) mass is 374 g/mol. The third-order valence-corrected chi connectivity index (χ3v) is 6.12. The van der Waals surface area contributed by atoms with E-state index >= 15 is 0 Å². The Labute approximate surface area is 157 Å². The molecule has 5 atom stereocenters. The summed E-state index contributed by atoms with van der Waals surface area (Å²) in [4.78, 5) is 2.33. The number of piperidine rings is 1. The number of ether oxygens (including phenoxy) is 2. The van der Waals surface area contributed by atoms with Crippen LogP contribution in [0, 0.1) is 5.92 Å².